The zero-order valence-corrected chi connectivity index (χ0v) is 15.3. The molecular formula is C17H36N4O2. The Morgan fingerprint density at radius 2 is 1.91 bits per heavy atom. The lowest BCUT2D eigenvalue weighted by molar-refractivity contribution is 0.0698. The van der Waals surface area contributed by atoms with Gasteiger partial charge in [-0.15, -0.1) is 0 Å². The van der Waals surface area contributed by atoms with Crippen molar-refractivity contribution in [3.05, 3.63) is 0 Å². The Kier molecular flexibility index (Phi) is 11.9. The summed E-state index contributed by atoms with van der Waals surface area (Å²) in [7, 11) is 3.51. The average Bonchev–Trinajstić information content (AvgIpc) is 2.57. The first-order valence-electron chi connectivity index (χ1n) is 8.99. The van der Waals surface area contributed by atoms with Gasteiger partial charge in [0.25, 0.3) is 0 Å². The zero-order valence-electron chi connectivity index (χ0n) is 15.3. The molecule has 0 spiro atoms. The smallest absolute Gasteiger partial charge is 0.190 e. The molecule has 0 bridgehead atoms. The van der Waals surface area contributed by atoms with Crippen LogP contribution < -0.4 is 10.6 Å². The van der Waals surface area contributed by atoms with E-state index in [0.717, 1.165) is 32.1 Å². The third kappa shape index (κ3) is 10.5. The molecule has 23 heavy (non-hydrogen) atoms. The maximum Gasteiger partial charge on any atom is 0.190 e. The first-order chi connectivity index (χ1) is 11.3. The molecule has 0 aromatic heterocycles. The lowest BCUT2D eigenvalue weighted by Gasteiger charge is -2.29. The van der Waals surface area contributed by atoms with Gasteiger partial charge >= 0.3 is 0 Å². The number of aliphatic imine (C=N–C) groups is 1. The summed E-state index contributed by atoms with van der Waals surface area (Å²) >= 11 is 0. The van der Waals surface area contributed by atoms with E-state index in [1.54, 1.807) is 7.11 Å². The largest absolute Gasteiger partial charge is 0.382 e. The third-order valence-electron chi connectivity index (χ3n) is 4.05. The maximum absolute atomic E-state index is 5.44. The minimum absolute atomic E-state index is 0.629. The molecule has 6 nitrogen and oxygen atoms in total. The van der Waals surface area contributed by atoms with Gasteiger partial charge in [0.2, 0.25) is 0 Å². The molecule has 1 atom stereocenters. The van der Waals surface area contributed by atoms with Gasteiger partial charge in [-0.3, -0.25) is 4.99 Å². The van der Waals surface area contributed by atoms with Crippen molar-refractivity contribution in [3.63, 3.8) is 0 Å². The first-order valence-corrected chi connectivity index (χ1v) is 8.99. The number of piperidine rings is 1. The number of nitrogens with one attached hydrogen (secondary N) is 2. The van der Waals surface area contributed by atoms with E-state index in [-0.39, 0.29) is 0 Å². The lowest BCUT2D eigenvalue weighted by atomic mass is 10.1. The quantitative estimate of drug-likeness (QED) is 0.340. The summed E-state index contributed by atoms with van der Waals surface area (Å²) in [5.74, 6) is 1.51. The zero-order chi connectivity index (χ0) is 16.8. The van der Waals surface area contributed by atoms with Crippen molar-refractivity contribution in [3.8, 4) is 0 Å². The Morgan fingerprint density at radius 3 is 2.61 bits per heavy atom. The fraction of sp³-hybridized carbons (Fsp3) is 0.941. The van der Waals surface area contributed by atoms with Crippen molar-refractivity contribution in [2.75, 3.05) is 66.7 Å². The molecule has 1 fully saturated rings. The fourth-order valence-corrected chi connectivity index (χ4v) is 2.76. The van der Waals surface area contributed by atoms with Crippen molar-refractivity contribution in [1.29, 1.82) is 0 Å². The van der Waals surface area contributed by atoms with Crippen LogP contribution in [0.3, 0.4) is 0 Å². The van der Waals surface area contributed by atoms with Gasteiger partial charge in [-0.2, -0.15) is 0 Å². The van der Waals surface area contributed by atoms with Crippen molar-refractivity contribution >= 4 is 5.96 Å². The molecule has 136 valence electrons. The topological polar surface area (TPSA) is 58.1 Å². The predicted octanol–water partition coefficient (Wildman–Crippen LogP) is 1.33. The van der Waals surface area contributed by atoms with Crippen LogP contribution in [0.15, 0.2) is 4.99 Å². The van der Waals surface area contributed by atoms with Gasteiger partial charge < -0.3 is 25.0 Å². The van der Waals surface area contributed by atoms with Gasteiger partial charge in [-0.1, -0.05) is 13.3 Å². The van der Waals surface area contributed by atoms with Crippen LogP contribution in [0, 0.1) is 5.92 Å². The minimum Gasteiger partial charge on any atom is -0.382 e. The molecule has 0 aromatic rings. The molecule has 0 saturated carbocycles. The monoisotopic (exact) mass is 328 g/mol. The van der Waals surface area contributed by atoms with E-state index in [9.17, 15) is 0 Å². The summed E-state index contributed by atoms with van der Waals surface area (Å²) in [6.07, 6.45) is 5.08. The van der Waals surface area contributed by atoms with Crippen molar-refractivity contribution in [2.45, 2.75) is 32.6 Å². The molecule has 1 aliphatic rings. The number of likely N-dealkylation sites (tertiary alicyclic amines) is 1. The van der Waals surface area contributed by atoms with E-state index in [0.29, 0.717) is 19.1 Å². The van der Waals surface area contributed by atoms with Gasteiger partial charge in [-0.05, 0) is 38.3 Å². The van der Waals surface area contributed by atoms with Gasteiger partial charge in [0.05, 0.1) is 13.2 Å². The molecule has 0 aliphatic carbocycles. The van der Waals surface area contributed by atoms with E-state index in [4.69, 9.17) is 9.47 Å². The highest BCUT2D eigenvalue weighted by Gasteiger charge is 2.13. The van der Waals surface area contributed by atoms with Gasteiger partial charge in [-0.25, -0.2) is 0 Å². The number of hydrogen-bond acceptors (Lipinski definition) is 4. The highest BCUT2D eigenvalue weighted by atomic mass is 16.5. The molecular weight excluding hydrogens is 292 g/mol. The lowest BCUT2D eigenvalue weighted by Crippen LogP contribution is -2.42. The normalized spacial score (nSPS) is 18.0. The predicted molar refractivity (Wildman–Crippen MR) is 96.1 cm³/mol. The Balaban J connectivity index is 2.04. The minimum atomic E-state index is 0.629. The molecule has 2 N–H and O–H groups in total. The van der Waals surface area contributed by atoms with Crippen molar-refractivity contribution in [2.24, 2.45) is 10.9 Å². The van der Waals surface area contributed by atoms with E-state index < -0.39 is 0 Å². The average molecular weight is 329 g/mol. The highest BCUT2D eigenvalue weighted by molar-refractivity contribution is 5.79. The number of rotatable bonds is 11. The number of methoxy groups -OCH3 is 1. The molecule has 1 rings (SSSR count). The van der Waals surface area contributed by atoms with Crippen LogP contribution in [-0.2, 0) is 9.47 Å². The van der Waals surface area contributed by atoms with Crippen LogP contribution in [0.2, 0.25) is 0 Å². The summed E-state index contributed by atoms with van der Waals surface area (Å²) in [6.45, 7) is 9.91. The number of nitrogens with zero attached hydrogens (tertiary/aromatic N) is 2. The summed E-state index contributed by atoms with van der Waals surface area (Å²) in [4.78, 5) is 6.86. The Morgan fingerprint density at radius 1 is 1.13 bits per heavy atom. The van der Waals surface area contributed by atoms with Crippen LogP contribution in [0.1, 0.15) is 32.6 Å². The number of hydrogen-bond donors (Lipinski definition) is 2. The summed E-state index contributed by atoms with van der Waals surface area (Å²) < 4.78 is 10.4. The second kappa shape index (κ2) is 13.6. The van der Waals surface area contributed by atoms with Crippen molar-refractivity contribution < 1.29 is 9.47 Å². The fourth-order valence-electron chi connectivity index (χ4n) is 2.76. The molecule has 1 saturated heterocycles. The molecule has 0 radical (unpaired) electrons. The Bertz CT molecular complexity index is 307. The van der Waals surface area contributed by atoms with Crippen molar-refractivity contribution in [1.82, 2.24) is 15.5 Å². The molecule has 0 amide bonds. The van der Waals surface area contributed by atoms with Crippen LogP contribution >= 0.6 is 0 Å². The third-order valence-corrected chi connectivity index (χ3v) is 4.05. The van der Waals surface area contributed by atoms with E-state index in [2.05, 4.69) is 27.4 Å². The van der Waals surface area contributed by atoms with Gasteiger partial charge in [0, 0.05) is 40.4 Å². The number of ether oxygens (including phenoxy) is 2. The molecule has 6 heteroatoms. The molecule has 0 aromatic carbocycles. The van der Waals surface area contributed by atoms with Gasteiger partial charge in [0.1, 0.15) is 0 Å². The highest BCUT2D eigenvalue weighted by Crippen LogP contribution is 2.10. The maximum atomic E-state index is 5.44. The summed E-state index contributed by atoms with van der Waals surface area (Å²) in [6, 6.07) is 0. The van der Waals surface area contributed by atoms with E-state index in [1.807, 2.05) is 7.05 Å². The summed E-state index contributed by atoms with van der Waals surface area (Å²) in [5.41, 5.74) is 0. The van der Waals surface area contributed by atoms with E-state index in [1.165, 1.54) is 38.9 Å². The second-order valence-electron chi connectivity index (χ2n) is 6.31. The second-order valence-corrected chi connectivity index (χ2v) is 6.31. The molecule has 1 unspecified atom stereocenters. The Labute approximate surface area is 142 Å². The Hall–Kier alpha value is -0.850. The van der Waals surface area contributed by atoms with Gasteiger partial charge in [0.15, 0.2) is 5.96 Å². The van der Waals surface area contributed by atoms with Crippen LogP contribution in [0.4, 0.5) is 0 Å². The standard InChI is InChI=1S/C17H36N4O2/c1-16(15-21-9-5-4-6-10-21)14-20-17(18-2)19-8-7-11-23-13-12-22-3/h16H,4-15H2,1-3H3,(H2,18,19,20). The van der Waals surface area contributed by atoms with Crippen LogP contribution in [0.5, 0.6) is 0 Å². The molecule has 1 heterocycles. The van der Waals surface area contributed by atoms with E-state index >= 15 is 0 Å². The van der Waals surface area contributed by atoms with Crippen LogP contribution in [0.25, 0.3) is 0 Å². The summed E-state index contributed by atoms with van der Waals surface area (Å²) in [5, 5.41) is 6.75. The number of guanidine groups is 1. The first kappa shape index (κ1) is 20.2. The molecule has 1 aliphatic heterocycles. The van der Waals surface area contributed by atoms with Crippen LogP contribution in [-0.4, -0.2) is 77.6 Å². The SMILES string of the molecule is CN=C(NCCCOCCOC)NCC(C)CN1CCCCC1.